The second-order valence-electron chi connectivity index (χ2n) is 7.57. The number of benzene rings is 3. The Morgan fingerprint density at radius 1 is 0.882 bits per heavy atom. The third-order valence-corrected chi connectivity index (χ3v) is 5.15. The van der Waals surface area contributed by atoms with E-state index in [0.717, 1.165) is 5.56 Å². The van der Waals surface area contributed by atoms with E-state index in [1.165, 1.54) is 11.6 Å². The number of hydrogen-bond donors (Lipinski definition) is 1. The molecular formula is C26H21N3O5. The zero-order valence-corrected chi connectivity index (χ0v) is 18.4. The van der Waals surface area contributed by atoms with Crippen molar-refractivity contribution in [2.45, 2.75) is 13.5 Å². The number of ether oxygens (including phenoxy) is 1. The molecule has 0 spiro atoms. The number of nitrogens with one attached hydrogen (secondary N) is 1. The van der Waals surface area contributed by atoms with Gasteiger partial charge in [0.1, 0.15) is 0 Å². The number of carbonyl (C=O) groups is 3. The van der Waals surface area contributed by atoms with Crippen molar-refractivity contribution in [1.82, 2.24) is 9.78 Å². The Morgan fingerprint density at radius 3 is 2.26 bits per heavy atom. The summed E-state index contributed by atoms with van der Waals surface area (Å²) in [4.78, 5) is 49.9. The third kappa shape index (κ3) is 4.91. The molecule has 1 N–H and O–H groups in total. The van der Waals surface area contributed by atoms with Crippen LogP contribution in [0.25, 0.3) is 10.8 Å². The molecule has 34 heavy (non-hydrogen) atoms. The summed E-state index contributed by atoms with van der Waals surface area (Å²) in [5.41, 5.74) is 1.12. The lowest BCUT2D eigenvalue weighted by Crippen LogP contribution is -2.28. The number of amides is 1. The first-order valence-electron chi connectivity index (χ1n) is 10.5. The summed E-state index contributed by atoms with van der Waals surface area (Å²) < 4.78 is 6.41. The Kier molecular flexibility index (Phi) is 6.59. The van der Waals surface area contributed by atoms with Crippen LogP contribution in [0.1, 0.15) is 33.3 Å². The summed E-state index contributed by atoms with van der Waals surface area (Å²) in [6.45, 7) is 0.984. The number of rotatable bonds is 7. The van der Waals surface area contributed by atoms with E-state index in [1.54, 1.807) is 48.5 Å². The fourth-order valence-corrected chi connectivity index (χ4v) is 3.53. The van der Waals surface area contributed by atoms with Crippen molar-refractivity contribution in [2.24, 2.45) is 0 Å². The molecule has 0 atom stereocenters. The van der Waals surface area contributed by atoms with Crippen LogP contribution in [-0.4, -0.2) is 34.0 Å². The molecular weight excluding hydrogens is 434 g/mol. The van der Waals surface area contributed by atoms with E-state index in [4.69, 9.17) is 4.74 Å². The van der Waals surface area contributed by atoms with E-state index >= 15 is 0 Å². The smallest absolute Gasteiger partial charge is 0.359 e. The quantitative estimate of drug-likeness (QED) is 0.338. The first-order chi connectivity index (χ1) is 16.4. The van der Waals surface area contributed by atoms with E-state index in [2.05, 4.69) is 10.4 Å². The number of carbonyl (C=O) groups excluding carboxylic acids is 3. The Labute approximate surface area is 194 Å². The van der Waals surface area contributed by atoms with Crippen LogP contribution in [0.3, 0.4) is 0 Å². The molecule has 170 valence electrons. The van der Waals surface area contributed by atoms with Gasteiger partial charge in [0.2, 0.25) is 0 Å². The Balaban J connectivity index is 1.56. The molecule has 0 radical (unpaired) electrons. The van der Waals surface area contributed by atoms with Gasteiger partial charge in [-0.05, 0) is 30.7 Å². The van der Waals surface area contributed by atoms with Crippen molar-refractivity contribution < 1.29 is 19.1 Å². The van der Waals surface area contributed by atoms with Gasteiger partial charge in [-0.15, -0.1) is 0 Å². The molecule has 4 rings (SSSR count). The summed E-state index contributed by atoms with van der Waals surface area (Å²) in [7, 11) is 0. The van der Waals surface area contributed by atoms with E-state index in [9.17, 15) is 19.2 Å². The summed E-state index contributed by atoms with van der Waals surface area (Å²) >= 11 is 0. The molecule has 1 aromatic heterocycles. The highest BCUT2D eigenvalue weighted by atomic mass is 16.5. The number of Topliss-reactive ketones (excluding diaryl/α,β-unsaturated/α-hetero) is 1. The maximum Gasteiger partial charge on any atom is 0.359 e. The first kappa shape index (κ1) is 22.6. The molecule has 0 aliphatic heterocycles. The number of anilines is 1. The van der Waals surface area contributed by atoms with Gasteiger partial charge in [-0.3, -0.25) is 14.4 Å². The molecule has 8 heteroatoms. The van der Waals surface area contributed by atoms with Crippen LogP contribution in [0.15, 0.2) is 83.7 Å². The monoisotopic (exact) mass is 455 g/mol. The van der Waals surface area contributed by atoms with Gasteiger partial charge >= 0.3 is 5.97 Å². The third-order valence-electron chi connectivity index (χ3n) is 5.15. The van der Waals surface area contributed by atoms with Gasteiger partial charge in [-0.25, -0.2) is 9.48 Å². The van der Waals surface area contributed by atoms with Crippen LogP contribution in [0.2, 0.25) is 0 Å². The molecule has 0 saturated carbocycles. The van der Waals surface area contributed by atoms with E-state index in [0.29, 0.717) is 22.0 Å². The van der Waals surface area contributed by atoms with E-state index in [-0.39, 0.29) is 23.6 Å². The van der Waals surface area contributed by atoms with Crippen molar-refractivity contribution in [3.8, 4) is 0 Å². The zero-order chi connectivity index (χ0) is 24.1. The number of aromatic nitrogens is 2. The molecule has 3 aromatic carbocycles. The van der Waals surface area contributed by atoms with Gasteiger partial charge < -0.3 is 10.1 Å². The minimum absolute atomic E-state index is 0.0666. The highest BCUT2D eigenvalue weighted by Gasteiger charge is 2.19. The summed E-state index contributed by atoms with van der Waals surface area (Å²) in [6, 6.07) is 22.4. The zero-order valence-electron chi connectivity index (χ0n) is 18.4. The molecule has 1 amide bonds. The van der Waals surface area contributed by atoms with Gasteiger partial charge in [0.15, 0.2) is 18.1 Å². The molecule has 0 fully saturated rings. The number of ketones is 1. The standard InChI is InChI=1S/C26H21N3O5/c1-17(30)19-11-7-8-14-22(19)27-23(31)16-34-26(33)24-20-12-5-6-13-21(20)25(32)29(28-24)15-18-9-3-2-4-10-18/h2-14H,15-16H2,1H3,(H,27,31). The van der Waals surface area contributed by atoms with Crippen molar-refractivity contribution in [2.75, 3.05) is 11.9 Å². The summed E-state index contributed by atoms with van der Waals surface area (Å²) in [5, 5.41) is 7.48. The normalized spacial score (nSPS) is 10.6. The average molecular weight is 455 g/mol. The Hall–Kier alpha value is -4.59. The molecule has 4 aromatic rings. The number of para-hydroxylation sites is 1. The second kappa shape index (κ2) is 9.91. The molecule has 8 nitrogen and oxygen atoms in total. The fourth-order valence-electron chi connectivity index (χ4n) is 3.53. The van der Waals surface area contributed by atoms with Crippen molar-refractivity contribution in [1.29, 1.82) is 0 Å². The number of fused-ring (bicyclic) bond motifs is 1. The molecule has 0 aliphatic rings. The van der Waals surface area contributed by atoms with Crippen LogP contribution < -0.4 is 10.9 Å². The fraction of sp³-hybridized carbons (Fsp3) is 0.115. The predicted octanol–water partition coefficient (Wildman–Crippen LogP) is 3.44. The van der Waals surface area contributed by atoms with E-state index < -0.39 is 18.5 Å². The molecule has 0 saturated heterocycles. The number of esters is 1. The highest BCUT2D eigenvalue weighted by molar-refractivity contribution is 6.05. The lowest BCUT2D eigenvalue weighted by molar-refractivity contribution is -0.119. The SMILES string of the molecule is CC(=O)c1ccccc1NC(=O)COC(=O)c1nn(Cc2ccccc2)c(=O)c2ccccc12. The summed E-state index contributed by atoms with van der Waals surface area (Å²) in [6.07, 6.45) is 0. The Bertz CT molecular complexity index is 1440. The minimum Gasteiger partial charge on any atom is -0.451 e. The van der Waals surface area contributed by atoms with Gasteiger partial charge in [-0.2, -0.15) is 5.10 Å². The largest absolute Gasteiger partial charge is 0.451 e. The topological polar surface area (TPSA) is 107 Å². The highest BCUT2D eigenvalue weighted by Crippen LogP contribution is 2.17. The van der Waals surface area contributed by atoms with Gasteiger partial charge in [0, 0.05) is 10.9 Å². The predicted molar refractivity (Wildman–Crippen MR) is 127 cm³/mol. The van der Waals surface area contributed by atoms with Crippen molar-refractivity contribution >= 4 is 34.1 Å². The molecule has 0 bridgehead atoms. The van der Waals surface area contributed by atoms with Crippen LogP contribution in [0.4, 0.5) is 5.69 Å². The van der Waals surface area contributed by atoms with Gasteiger partial charge in [0.25, 0.3) is 11.5 Å². The second-order valence-corrected chi connectivity index (χ2v) is 7.57. The van der Waals surface area contributed by atoms with Gasteiger partial charge in [-0.1, -0.05) is 60.7 Å². The van der Waals surface area contributed by atoms with Crippen molar-refractivity contribution in [3.05, 3.63) is 106 Å². The number of nitrogens with zero attached hydrogens (tertiary/aromatic N) is 2. The molecule has 0 aliphatic carbocycles. The minimum atomic E-state index is -0.840. The van der Waals surface area contributed by atoms with Crippen LogP contribution in [0, 0.1) is 0 Å². The molecule has 0 unspecified atom stereocenters. The average Bonchev–Trinajstić information content (AvgIpc) is 2.85. The molecule has 1 heterocycles. The maximum atomic E-state index is 12.9. The lowest BCUT2D eigenvalue weighted by Gasteiger charge is -2.12. The number of hydrogen-bond acceptors (Lipinski definition) is 6. The first-order valence-corrected chi connectivity index (χ1v) is 10.5. The lowest BCUT2D eigenvalue weighted by atomic mass is 10.1. The van der Waals surface area contributed by atoms with Crippen LogP contribution >= 0.6 is 0 Å². The van der Waals surface area contributed by atoms with E-state index in [1.807, 2.05) is 30.3 Å². The van der Waals surface area contributed by atoms with Crippen LogP contribution in [0.5, 0.6) is 0 Å². The van der Waals surface area contributed by atoms with Gasteiger partial charge in [0.05, 0.1) is 17.6 Å². The Morgan fingerprint density at radius 2 is 1.53 bits per heavy atom. The van der Waals surface area contributed by atoms with Crippen molar-refractivity contribution in [3.63, 3.8) is 0 Å². The summed E-state index contributed by atoms with van der Waals surface area (Å²) in [5.74, 6) is -1.65. The van der Waals surface area contributed by atoms with Crippen LogP contribution in [-0.2, 0) is 16.1 Å². The maximum absolute atomic E-state index is 12.9.